The Hall–Kier alpha value is -3.18. The van der Waals surface area contributed by atoms with E-state index in [0.29, 0.717) is 11.6 Å². The van der Waals surface area contributed by atoms with Crippen LogP contribution in [0.5, 0.6) is 0 Å². The predicted molar refractivity (Wildman–Crippen MR) is 90.5 cm³/mol. The van der Waals surface area contributed by atoms with Gasteiger partial charge in [0.1, 0.15) is 29.9 Å². The summed E-state index contributed by atoms with van der Waals surface area (Å²) < 4.78 is 41.9. The molecule has 0 unspecified atom stereocenters. The Balaban J connectivity index is 1.99. The molecule has 27 heavy (non-hydrogen) atoms. The highest BCUT2D eigenvalue weighted by molar-refractivity contribution is 5.34. The van der Waals surface area contributed by atoms with Gasteiger partial charge in [-0.2, -0.15) is 9.49 Å². The summed E-state index contributed by atoms with van der Waals surface area (Å²) in [7, 11) is 0. The number of rotatable bonds is 4. The summed E-state index contributed by atoms with van der Waals surface area (Å²) in [5.41, 5.74) is -1.49. The third-order valence-corrected chi connectivity index (χ3v) is 4.14. The molecule has 0 saturated carbocycles. The smallest absolute Gasteiger partial charge is 0.212 e. The van der Waals surface area contributed by atoms with Crippen LogP contribution in [0.1, 0.15) is 18.1 Å². The zero-order chi connectivity index (χ0) is 19.4. The van der Waals surface area contributed by atoms with Crippen molar-refractivity contribution >= 4 is 0 Å². The van der Waals surface area contributed by atoms with E-state index in [2.05, 4.69) is 26.9 Å². The highest BCUT2D eigenvalue weighted by Crippen LogP contribution is 2.33. The van der Waals surface area contributed by atoms with Crippen LogP contribution in [0.25, 0.3) is 0 Å². The van der Waals surface area contributed by atoms with E-state index in [1.165, 1.54) is 35.7 Å². The normalized spacial score (nSPS) is 14.1. The molecule has 0 bridgehead atoms. The quantitative estimate of drug-likeness (QED) is 0.565. The summed E-state index contributed by atoms with van der Waals surface area (Å²) in [5, 5.41) is 15.2. The van der Waals surface area contributed by atoms with Gasteiger partial charge in [-0.05, 0) is 25.1 Å². The molecule has 1 N–H and O–H groups in total. The van der Waals surface area contributed by atoms with Gasteiger partial charge in [0.05, 0.1) is 12.5 Å². The van der Waals surface area contributed by atoms with E-state index in [-0.39, 0.29) is 12.1 Å². The van der Waals surface area contributed by atoms with Crippen LogP contribution in [0, 0.1) is 35.3 Å². The summed E-state index contributed by atoms with van der Waals surface area (Å²) in [6.07, 6.45) is 3.91. The third-order valence-electron chi connectivity index (χ3n) is 4.14. The standard InChI is InChI=1S/C19H15F3N4O/c1-13(2-3-14-4-7-18(22)24-9-14)19(27,10-26-12-23-11-25-26)16-6-5-15(20)8-17(16)21/h4-9,11-13,27H,10H2,1H3/t13-,19+/m0/s1. The van der Waals surface area contributed by atoms with Crippen LogP contribution in [0.3, 0.4) is 0 Å². The number of aromatic nitrogens is 4. The van der Waals surface area contributed by atoms with Gasteiger partial charge >= 0.3 is 0 Å². The van der Waals surface area contributed by atoms with Crippen LogP contribution in [-0.4, -0.2) is 24.9 Å². The van der Waals surface area contributed by atoms with Crippen LogP contribution in [0.4, 0.5) is 13.2 Å². The minimum atomic E-state index is -1.81. The van der Waals surface area contributed by atoms with E-state index in [0.717, 1.165) is 12.1 Å². The number of nitrogens with zero attached hydrogens (tertiary/aromatic N) is 4. The maximum atomic E-state index is 14.4. The summed E-state index contributed by atoms with van der Waals surface area (Å²) >= 11 is 0. The lowest BCUT2D eigenvalue weighted by Crippen LogP contribution is -2.39. The largest absolute Gasteiger partial charge is 0.382 e. The van der Waals surface area contributed by atoms with Crippen LogP contribution in [-0.2, 0) is 12.1 Å². The first-order chi connectivity index (χ1) is 12.9. The number of halogens is 3. The van der Waals surface area contributed by atoms with Gasteiger partial charge in [0.2, 0.25) is 5.95 Å². The van der Waals surface area contributed by atoms with E-state index in [1.54, 1.807) is 6.92 Å². The summed E-state index contributed by atoms with van der Waals surface area (Å²) in [6.45, 7) is 1.46. The summed E-state index contributed by atoms with van der Waals surface area (Å²) in [5.74, 6) is 2.54. The van der Waals surface area contributed by atoms with Gasteiger partial charge in [0.15, 0.2) is 0 Å². The fourth-order valence-corrected chi connectivity index (χ4v) is 2.62. The SMILES string of the molecule is C[C@@H](C#Cc1ccc(F)nc1)[C@](O)(Cn1cncn1)c1ccc(F)cc1F. The second kappa shape index (κ2) is 7.60. The van der Waals surface area contributed by atoms with Crippen molar-refractivity contribution in [2.24, 2.45) is 5.92 Å². The van der Waals surface area contributed by atoms with Crippen molar-refractivity contribution in [1.29, 1.82) is 0 Å². The minimum absolute atomic E-state index is 0.113. The highest BCUT2D eigenvalue weighted by Gasteiger charge is 2.38. The minimum Gasteiger partial charge on any atom is -0.382 e. The molecule has 138 valence electrons. The first kappa shape index (κ1) is 18.6. The third kappa shape index (κ3) is 4.15. The van der Waals surface area contributed by atoms with Gasteiger partial charge in [-0.3, -0.25) is 0 Å². The molecule has 0 spiro atoms. The van der Waals surface area contributed by atoms with Gasteiger partial charge in [0, 0.05) is 23.4 Å². The average Bonchev–Trinajstić information content (AvgIpc) is 3.13. The van der Waals surface area contributed by atoms with E-state index in [4.69, 9.17) is 0 Å². The van der Waals surface area contributed by atoms with Crippen molar-refractivity contribution in [2.75, 3.05) is 0 Å². The Bertz CT molecular complexity index is 980. The first-order valence-corrected chi connectivity index (χ1v) is 8.02. The highest BCUT2D eigenvalue weighted by atomic mass is 19.1. The van der Waals surface area contributed by atoms with Crippen LogP contribution < -0.4 is 0 Å². The number of aliphatic hydroxyl groups is 1. The van der Waals surface area contributed by atoms with Gasteiger partial charge in [-0.15, -0.1) is 0 Å². The molecule has 8 heteroatoms. The van der Waals surface area contributed by atoms with Crippen LogP contribution in [0.2, 0.25) is 0 Å². The lowest BCUT2D eigenvalue weighted by molar-refractivity contribution is -0.0191. The maximum Gasteiger partial charge on any atom is 0.212 e. The molecule has 0 amide bonds. The zero-order valence-electron chi connectivity index (χ0n) is 14.3. The zero-order valence-corrected chi connectivity index (χ0v) is 14.3. The molecule has 2 atom stereocenters. The fraction of sp³-hybridized carbons (Fsp3) is 0.211. The lowest BCUT2D eigenvalue weighted by Gasteiger charge is -2.32. The molecular weight excluding hydrogens is 357 g/mol. The molecule has 0 saturated heterocycles. The Morgan fingerprint density at radius 1 is 1.22 bits per heavy atom. The average molecular weight is 372 g/mol. The molecule has 3 rings (SSSR count). The van der Waals surface area contributed by atoms with Gasteiger partial charge in [0.25, 0.3) is 0 Å². The number of hydrogen-bond acceptors (Lipinski definition) is 4. The molecule has 0 radical (unpaired) electrons. The fourth-order valence-electron chi connectivity index (χ4n) is 2.62. The van der Waals surface area contributed by atoms with Crippen molar-refractivity contribution in [3.63, 3.8) is 0 Å². The van der Waals surface area contributed by atoms with Crippen molar-refractivity contribution in [3.05, 3.63) is 77.9 Å². The van der Waals surface area contributed by atoms with E-state index in [9.17, 15) is 18.3 Å². The summed E-state index contributed by atoms with van der Waals surface area (Å²) in [6, 6.07) is 5.55. The molecule has 3 aromatic rings. The second-order valence-corrected chi connectivity index (χ2v) is 6.00. The van der Waals surface area contributed by atoms with Gasteiger partial charge in [-0.1, -0.05) is 17.9 Å². The van der Waals surface area contributed by atoms with Crippen molar-refractivity contribution in [2.45, 2.75) is 19.1 Å². The predicted octanol–water partition coefficient (Wildman–Crippen LogP) is 2.67. The van der Waals surface area contributed by atoms with Crippen molar-refractivity contribution in [3.8, 4) is 11.8 Å². The Kier molecular flexibility index (Phi) is 5.23. The summed E-state index contributed by atoms with van der Waals surface area (Å²) in [4.78, 5) is 7.31. The molecule has 2 heterocycles. The monoisotopic (exact) mass is 372 g/mol. The van der Waals surface area contributed by atoms with Crippen LogP contribution in [0.15, 0.2) is 49.2 Å². The molecule has 0 fully saturated rings. The van der Waals surface area contributed by atoms with Gasteiger partial charge < -0.3 is 5.11 Å². The molecule has 1 aromatic carbocycles. The molecule has 2 aromatic heterocycles. The maximum absolute atomic E-state index is 14.4. The Morgan fingerprint density at radius 3 is 2.67 bits per heavy atom. The lowest BCUT2D eigenvalue weighted by atomic mass is 9.82. The Labute approximate surface area is 153 Å². The van der Waals surface area contributed by atoms with E-state index in [1.807, 2.05) is 0 Å². The molecule has 5 nitrogen and oxygen atoms in total. The van der Waals surface area contributed by atoms with E-state index >= 15 is 0 Å². The van der Waals surface area contributed by atoms with Crippen molar-refractivity contribution in [1.82, 2.24) is 19.7 Å². The van der Waals surface area contributed by atoms with Crippen LogP contribution >= 0.6 is 0 Å². The number of hydrogen-bond donors (Lipinski definition) is 1. The van der Waals surface area contributed by atoms with Gasteiger partial charge in [-0.25, -0.2) is 23.4 Å². The molecular formula is C19H15F3N4O. The number of benzene rings is 1. The number of pyridine rings is 1. The first-order valence-electron chi connectivity index (χ1n) is 8.02. The Morgan fingerprint density at radius 2 is 2.04 bits per heavy atom. The van der Waals surface area contributed by atoms with E-state index < -0.39 is 29.1 Å². The molecule has 0 aliphatic carbocycles. The molecule has 0 aliphatic heterocycles. The second-order valence-electron chi connectivity index (χ2n) is 6.00. The van der Waals surface area contributed by atoms with Crippen molar-refractivity contribution < 1.29 is 18.3 Å². The molecule has 0 aliphatic rings. The topological polar surface area (TPSA) is 63.8 Å².